The Morgan fingerprint density at radius 1 is 1.42 bits per heavy atom. The molecule has 7 nitrogen and oxygen atoms in total. The standard InChI is InChI=1S/C19H25N5O2/c1-19(2,3)14(10-25)18(26)22-8-15-13-7-11-6-12(11)17(13)24(23-15)16-9-20-4-5-21-16/h4-5,9,11-12,14,25H,6-8,10H2,1-3H3,(H,22,26)/t11-,12-,14?/m0/s1. The Labute approximate surface area is 152 Å². The molecule has 0 bridgehead atoms. The Morgan fingerprint density at radius 3 is 2.88 bits per heavy atom. The van der Waals surface area contributed by atoms with Gasteiger partial charge in [-0.15, -0.1) is 0 Å². The van der Waals surface area contributed by atoms with Crippen LogP contribution >= 0.6 is 0 Å². The van der Waals surface area contributed by atoms with Gasteiger partial charge in [-0.2, -0.15) is 5.10 Å². The quantitative estimate of drug-likeness (QED) is 0.850. The Hall–Kier alpha value is -2.28. The lowest BCUT2D eigenvalue weighted by molar-refractivity contribution is -0.130. The first-order chi connectivity index (χ1) is 12.4. The van der Waals surface area contributed by atoms with Crippen LogP contribution in [0.25, 0.3) is 5.82 Å². The zero-order chi connectivity index (χ0) is 18.5. The Bertz CT molecular complexity index is 824. The van der Waals surface area contributed by atoms with Crippen molar-refractivity contribution in [3.8, 4) is 5.82 Å². The van der Waals surface area contributed by atoms with Crippen molar-refractivity contribution >= 4 is 5.91 Å². The minimum atomic E-state index is -0.439. The second kappa shape index (κ2) is 6.16. The molecule has 2 N–H and O–H groups in total. The molecule has 2 aromatic heterocycles. The van der Waals surface area contributed by atoms with E-state index in [0.717, 1.165) is 17.9 Å². The highest BCUT2D eigenvalue weighted by atomic mass is 16.3. The van der Waals surface area contributed by atoms with Gasteiger partial charge in [-0.05, 0) is 29.7 Å². The van der Waals surface area contributed by atoms with Gasteiger partial charge in [-0.1, -0.05) is 20.8 Å². The van der Waals surface area contributed by atoms with E-state index in [1.807, 2.05) is 25.5 Å². The van der Waals surface area contributed by atoms with Crippen LogP contribution in [-0.2, 0) is 17.8 Å². The number of nitrogens with one attached hydrogen (secondary N) is 1. The number of aliphatic hydroxyl groups excluding tert-OH is 1. The maximum absolute atomic E-state index is 12.5. The van der Waals surface area contributed by atoms with Gasteiger partial charge in [0.1, 0.15) is 0 Å². The minimum Gasteiger partial charge on any atom is -0.396 e. The number of hydrogen-bond donors (Lipinski definition) is 2. The van der Waals surface area contributed by atoms with E-state index in [1.54, 1.807) is 18.6 Å². The van der Waals surface area contributed by atoms with E-state index in [9.17, 15) is 9.90 Å². The molecular formula is C19H25N5O2. The second-order valence-corrected chi connectivity index (χ2v) is 8.41. The Morgan fingerprint density at radius 2 is 2.23 bits per heavy atom. The molecule has 2 heterocycles. The summed E-state index contributed by atoms with van der Waals surface area (Å²) in [5.41, 5.74) is 3.08. The third-order valence-corrected chi connectivity index (χ3v) is 5.59. The van der Waals surface area contributed by atoms with E-state index in [0.29, 0.717) is 18.4 Å². The van der Waals surface area contributed by atoms with Crippen LogP contribution in [0.2, 0.25) is 0 Å². The van der Waals surface area contributed by atoms with Crippen molar-refractivity contribution in [2.24, 2.45) is 17.3 Å². The molecule has 3 atom stereocenters. The summed E-state index contributed by atoms with van der Waals surface area (Å²) in [5, 5.41) is 17.3. The van der Waals surface area contributed by atoms with Crippen molar-refractivity contribution in [2.45, 2.75) is 46.1 Å². The summed E-state index contributed by atoms with van der Waals surface area (Å²) in [6.45, 7) is 6.09. The van der Waals surface area contributed by atoms with Gasteiger partial charge in [0, 0.05) is 18.3 Å². The summed E-state index contributed by atoms with van der Waals surface area (Å²) in [6, 6.07) is 0. The molecule has 0 saturated heterocycles. The number of rotatable bonds is 5. The monoisotopic (exact) mass is 355 g/mol. The third-order valence-electron chi connectivity index (χ3n) is 5.59. The van der Waals surface area contributed by atoms with Crippen molar-refractivity contribution in [3.05, 3.63) is 35.5 Å². The average Bonchev–Trinajstić information content (AvgIpc) is 3.11. The molecule has 2 aliphatic rings. The van der Waals surface area contributed by atoms with Crippen LogP contribution in [0.15, 0.2) is 18.6 Å². The van der Waals surface area contributed by atoms with Gasteiger partial charge in [0.15, 0.2) is 5.82 Å². The molecule has 138 valence electrons. The first kappa shape index (κ1) is 17.1. The van der Waals surface area contributed by atoms with Gasteiger partial charge >= 0.3 is 0 Å². The summed E-state index contributed by atoms with van der Waals surface area (Å²) in [5.74, 6) is 1.41. The summed E-state index contributed by atoms with van der Waals surface area (Å²) in [7, 11) is 0. The predicted molar refractivity (Wildman–Crippen MR) is 95.6 cm³/mol. The van der Waals surface area contributed by atoms with Crippen molar-refractivity contribution in [2.75, 3.05) is 6.61 Å². The van der Waals surface area contributed by atoms with Gasteiger partial charge in [-0.3, -0.25) is 9.78 Å². The molecule has 1 saturated carbocycles. The van der Waals surface area contributed by atoms with Crippen LogP contribution in [-0.4, -0.2) is 37.4 Å². The molecule has 4 rings (SSSR count). The van der Waals surface area contributed by atoms with Gasteiger partial charge in [-0.25, -0.2) is 9.67 Å². The summed E-state index contributed by atoms with van der Waals surface area (Å²) in [6.07, 6.45) is 7.26. The largest absolute Gasteiger partial charge is 0.396 e. The first-order valence-corrected chi connectivity index (χ1v) is 9.15. The predicted octanol–water partition coefficient (Wildman–Crippen LogP) is 1.59. The lowest BCUT2D eigenvalue weighted by Gasteiger charge is -2.27. The lowest BCUT2D eigenvalue weighted by atomic mass is 9.80. The van der Waals surface area contributed by atoms with Gasteiger partial charge in [0.2, 0.25) is 5.91 Å². The summed E-state index contributed by atoms with van der Waals surface area (Å²) >= 11 is 0. The highest BCUT2D eigenvalue weighted by molar-refractivity contribution is 5.79. The average molecular weight is 355 g/mol. The molecule has 0 radical (unpaired) electrons. The van der Waals surface area contributed by atoms with E-state index in [-0.39, 0.29) is 17.9 Å². The van der Waals surface area contributed by atoms with Gasteiger partial charge in [0.05, 0.1) is 36.7 Å². The molecule has 7 heteroatoms. The number of fused-ring (bicyclic) bond motifs is 3. The van der Waals surface area contributed by atoms with E-state index in [1.165, 1.54) is 17.7 Å². The smallest absolute Gasteiger partial charge is 0.226 e. The minimum absolute atomic E-state index is 0.133. The molecule has 1 unspecified atom stereocenters. The number of aliphatic hydroxyl groups is 1. The topological polar surface area (TPSA) is 92.9 Å². The van der Waals surface area contributed by atoms with Gasteiger partial charge < -0.3 is 10.4 Å². The highest BCUT2D eigenvalue weighted by Crippen LogP contribution is 2.57. The molecule has 2 aliphatic carbocycles. The molecule has 1 amide bonds. The van der Waals surface area contributed by atoms with Crippen molar-refractivity contribution in [3.63, 3.8) is 0 Å². The Balaban J connectivity index is 1.57. The van der Waals surface area contributed by atoms with Crippen LogP contribution in [0.3, 0.4) is 0 Å². The van der Waals surface area contributed by atoms with E-state index in [4.69, 9.17) is 5.10 Å². The fraction of sp³-hybridized carbons (Fsp3) is 0.579. The number of hydrogen-bond acceptors (Lipinski definition) is 5. The van der Waals surface area contributed by atoms with Gasteiger partial charge in [0.25, 0.3) is 0 Å². The second-order valence-electron chi connectivity index (χ2n) is 8.41. The zero-order valence-corrected chi connectivity index (χ0v) is 15.4. The third kappa shape index (κ3) is 2.90. The van der Waals surface area contributed by atoms with E-state index in [2.05, 4.69) is 15.3 Å². The van der Waals surface area contributed by atoms with Crippen LogP contribution in [0.4, 0.5) is 0 Å². The Kier molecular flexibility index (Phi) is 4.06. The number of carbonyl (C=O) groups excluding carboxylic acids is 1. The zero-order valence-electron chi connectivity index (χ0n) is 15.4. The maximum atomic E-state index is 12.5. The van der Waals surface area contributed by atoms with Crippen LogP contribution in [0, 0.1) is 17.3 Å². The molecule has 0 spiro atoms. The molecule has 0 aliphatic heterocycles. The van der Waals surface area contributed by atoms with E-state index >= 15 is 0 Å². The van der Waals surface area contributed by atoms with E-state index < -0.39 is 5.92 Å². The fourth-order valence-electron chi connectivity index (χ4n) is 3.95. The maximum Gasteiger partial charge on any atom is 0.226 e. The van der Waals surface area contributed by atoms with Crippen molar-refractivity contribution in [1.82, 2.24) is 25.1 Å². The molecule has 1 fully saturated rings. The number of carbonyl (C=O) groups is 1. The normalized spacial score (nSPS) is 21.8. The number of amides is 1. The van der Waals surface area contributed by atoms with Crippen molar-refractivity contribution in [1.29, 1.82) is 0 Å². The molecule has 0 aromatic carbocycles. The number of aromatic nitrogens is 4. The molecule has 26 heavy (non-hydrogen) atoms. The fourth-order valence-corrected chi connectivity index (χ4v) is 3.95. The lowest BCUT2D eigenvalue weighted by Crippen LogP contribution is -2.40. The van der Waals surface area contributed by atoms with Crippen LogP contribution < -0.4 is 5.32 Å². The summed E-state index contributed by atoms with van der Waals surface area (Å²) < 4.78 is 1.90. The highest BCUT2D eigenvalue weighted by Gasteiger charge is 2.49. The first-order valence-electron chi connectivity index (χ1n) is 9.15. The van der Waals surface area contributed by atoms with Crippen molar-refractivity contribution < 1.29 is 9.90 Å². The molecular weight excluding hydrogens is 330 g/mol. The van der Waals surface area contributed by atoms with Crippen LogP contribution in [0.1, 0.15) is 50.1 Å². The summed E-state index contributed by atoms with van der Waals surface area (Å²) in [4.78, 5) is 21.0. The SMILES string of the molecule is CC(C)(C)C(CO)C(=O)NCc1nn(-c2cnccn2)c2c1C[C@@H]1C[C@H]21. The number of nitrogens with zero attached hydrogens (tertiary/aromatic N) is 4. The van der Waals surface area contributed by atoms with Crippen LogP contribution in [0.5, 0.6) is 0 Å². The molecule has 2 aromatic rings.